The summed E-state index contributed by atoms with van der Waals surface area (Å²) < 4.78 is 21.2. The van der Waals surface area contributed by atoms with Gasteiger partial charge in [0.2, 0.25) is 11.8 Å². The zero-order valence-corrected chi connectivity index (χ0v) is 32.1. The van der Waals surface area contributed by atoms with E-state index in [1.54, 1.807) is 12.1 Å². The number of fused-ring (bicyclic) bond motifs is 4. The van der Waals surface area contributed by atoms with Gasteiger partial charge < -0.3 is 29.5 Å². The predicted molar refractivity (Wildman–Crippen MR) is 198 cm³/mol. The van der Waals surface area contributed by atoms with Crippen molar-refractivity contribution in [3.8, 4) is 0 Å². The Morgan fingerprint density at radius 3 is 2.29 bits per heavy atom. The number of amides is 2. The van der Waals surface area contributed by atoms with Crippen LogP contribution in [0.4, 0.5) is 0 Å². The van der Waals surface area contributed by atoms with Gasteiger partial charge in [-0.3, -0.25) is 19.2 Å². The number of benzene rings is 2. The highest BCUT2D eigenvalue weighted by Crippen LogP contribution is 2.58. The largest absolute Gasteiger partial charge is 0.458 e. The number of hydrogen-bond donors (Lipinski definition) is 2. The van der Waals surface area contributed by atoms with Gasteiger partial charge in [0.1, 0.15) is 35.9 Å². The highest BCUT2D eigenvalue weighted by Gasteiger charge is 2.76. The van der Waals surface area contributed by atoms with Crippen LogP contribution in [0.2, 0.25) is 0 Å². The molecule has 7 atom stereocenters. The first kappa shape index (κ1) is 38.1. The van der Waals surface area contributed by atoms with Crippen molar-refractivity contribution in [1.82, 2.24) is 15.3 Å². The van der Waals surface area contributed by atoms with E-state index < -0.39 is 53.7 Å². The molecule has 2 aromatic rings. The van der Waals surface area contributed by atoms with Gasteiger partial charge >= 0.3 is 5.97 Å². The number of rotatable bonds is 17. The first-order valence-electron chi connectivity index (χ1n) is 18.6. The van der Waals surface area contributed by atoms with Crippen LogP contribution in [0.15, 0.2) is 54.6 Å². The van der Waals surface area contributed by atoms with Crippen molar-refractivity contribution < 1.29 is 38.5 Å². The number of aliphatic hydroxyl groups excluding tert-OH is 1. The Bertz CT molecular complexity index is 1500. The van der Waals surface area contributed by atoms with Crippen molar-refractivity contribution >= 4 is 40.4 Å². The number of carbonyl (C=O) groups is 3. The summed E-state index contributed by atoms with van der Waals surface area (Å²) in [6.07, 6.45) is 5.03. The van der Waals surface area contributed by atoms with Crippen LogP contribution in [0.25, 0.3) is 0 Å². The van der Waals surface area contributed by atoms with Crippen LogP contribution < -0.4 is 5.32 Å². The van der Waals surface area contributed by atoms with Gasteiger partial charge in [-0.2, -0.15) is 5.06 Å². The average Bonchev–Trinajstić information content (AvgIpc) is 3.69. The molecule has 6 rings (SSSR count). The molecule has 3 heterocycles. The van der Waals surface area contributed by atoms with E-state index in [9.17, 15) is 14.7 Å². The molecule has 0 unspecified atom stereocenters. The minimum atomic E-state index is -1.41. The average molecular weight is 818 g/mol. The van der Waals surface area contributed by atoms with Crippen LogP contribution in [0.1, 0.15) is 82.8 Å². The second-order valence-electron chi connectivity index (χ2n) is 14.5. The number of halogens is 1. The number of unbranched alkanes of at least 4 members (excludes halogenated alkanes) is 4. The zero-order valence-electron chi connectivity index (χ0n) is 29.9. The summed E-state index contributed by atoms with van der Waals surface area (Å²) in [6.45, 7) is 4.40. The van der Waals surface area contributed by atoms with Crippen molar-refractivity contribution in [2.45, 2.75) is 127 Å². The summed E-state index contributed by atoms with van der Waals surface area (Å²) in [5.41, 5.74) is 0.385. The quantitative estimate of drug-likeness (QED) is 0.130. The molecule has 3 aliphatic heterocycles. The third-order valence-corrected chi connectivity index (χ3v) is 11.7. The molecule has 278 valence electrons. The molecule has 2 bridgehead atoms. The number of esters is 1. The van der Waals surface area contributed by atoms with Crippen LogP contribution in [0.3, 0.4) is 0 Å². The number of hydrogen-bond acceptors (Lipinski definition) is 9. The summed E-state index contributed by atoms with van der Waals surface area (Å²) in [4.78, 5) is 51.6. The molecule has 0 radical (unpaired) electrons. The lowest BCUT2D eigenvalue weighted by Crippen LogP contribution is -2.70. The molecule has 2 aromatic carbocycles. The topological polar surface area (TPSA) is 127 Å². The van der Waals surface area contributed by atoms with E-state index in [-0.39, 0.29) is 44.4 Å². The summed E-state index contributed by atoms with van der Waals surface area (Å²) >= 11 is 2.25. The maximum absolute atomic E-state index is 15.3. The fourth-order valence-electron chi connectivity index (χ4n) is 8.46. The lowest BCUT2D eigenvalue weighted by atomic mass is 9.62. The molecule has 11 nitrogen and oxygen atoms in total. The molecular weight excluding hydrogens is 765 g/mol. The fraction of sp³-hybridized carbons (Fsp3) is 0.615. The first-order valence-corrected chi connectivity index (χ1v) is 19.7. The Labute approximate surface area is 314 Å². The molecule has 2 amide bonds. The number of hydroxylamine groups is 2. The van der Waals surface area contributed by atoms with E-state index in [0.29, 0.717) is 12.8 Å². The van der Waals surface area contributed by atoms with E-state index in [1.807, 2.05) is 54.6 Å². The number of carbonyl (C=O) groups excluding carboxylic acids is 3. The lowest BCUT2D eigenvalue weighted by Gasteiger charge is -2.50. The lowest BCUT2D eigenvalue weighted by molar-refractivity contribution is -0.225. The minimum Gasteiger partial charge on any atom is -0.458 e. The normalized spacial score (nSPS) is 28.2. The maximum atomic E-state index is 15.3. The second-order valence-corrected chi connectivity index (χ2v) is 15.7. The van der Waals surface area contributed by atoms with Crippen LogP contribution in [-0.2, 0) is 46.4 Å². The van der Waals surface area contributed by atoms with Gasteiger partial charge in [0.05, 0.1) is 13.2 Å². The van der Waals surface area contributed by atoms with Gasteiger partial charge in [-0.25, -0.2) is 0 Å². The van der Waals surface area contributed by atoms with Gasteiger partial charge in [-0.1, -0.05) is 82.0 Å². The second kappa shape index (κ2) is 16.6. The number of ether oxygens (including phenoxy) is 3. The monoisotopic (exact) mass is 817 g/mol. The smallest absolute Gasteiger partial charge is 0.327 e. The molecule has 1 aliphatic carbocycles. The van der Waals surface area contributed by atoms with Crippen LogP contribution >= 0.6 is 22.6 Å². The summed E-state index contributed by atoms with van der Waals surface area (Å²) in [5.74, 6) is -2.18. The van der Waals surface area contributed by atoms with Gasteiger partial charge in [-0.15, -0.1) is 0 Å². The summed E-state index contributed by atoms with van der Waals surface area (Å²) in [7, 11) is 1.62. The van der Waals surface area contributed by atoms with Crippen molar-refractivity contribution in [2.75, 3.05) is 20.2 Å². The Hall–Kier alpha value is -2.62. The Morgan fingerprint density at radius 2 is 1.65 bits per heavy atom. The molecule has 1 saturated carbocycles. The molecular formula is C39H52IN3O8. The van der Waals surface area contributed by atoms with E-state index in [4.69, 9.17) is 19.0 Å². The highest BCUT2D eigenvalue weighted by molar-refractivity contribution is 14.1. The molecule has 4 aliphatic rings. The standard InChI is InChI=1S/C39H52IN3O8/c1-4-6-11-19-38(20-12-7-5-2)49-31-30-24-39(37(47)42(3)29(35(45)41-21-22-44)23-26-13-9-8-10-14-26)33(36(46)48-30)43(51-34(39)32(31)50-38)25-27-15-17-28(40)18-16-27/h8-10,13-18,29-34,44H,4-7,11-12,19-25H2,1-3H3,(H,41,45)/t29-,30-,31+,32+,33+,34-,39+/m1/s1. The van der Waals surface area contributed by atoms with E-state index in [1.165, 1.54) is 4.90 Å². The highest BCUT2D eigenvalue weighted by atomic mass is 127. The van der Waals surface area contributed by atoms with E-state index in [2.05, 4.69) is 41.8 Å². The molecule has 0 aromatic heterocycles. The molecule has 4 fully saturated rings. The minimum absolute atomic E-state index is 0.0525. The van der Waals surface area contributed by atoms with Gasteiger partial charge in [0.25, 0.3) is 0 Å². The molecule has 2 N–H and O–H groups in total. The van der Waals surface area contributed by atoms with Crippen molar-refractivity contribution in [2.24, 2.45) is 5.41 Å². The SMILES string of the molecule is CCCCCC1(CCCCC)O[C@@H]2[C@H](O1)[C@H]1ON(Cc3ccc(I)cc3)[C@H]3C(=O)O[C@@H]2C[C@@]13C(=O)N(C)[C@H](Cc1ccccc1)C(=O)NCCO. The Morgan fingerprint density at radius 1 is 0.980 bits per heavy atom. The van der Waals surface area contributed by atoms with Crippen molar-refractivity contribution in [3.63, 3.8) is 0 Å². The summed E-state index contributed by atoms with van der Waals surface area (Å²) in [6, 6.07) is 15.5. The first-order chi connectivity index (χ1) is 24.7. The van der Waals surface area contributed by atoms with Crippen LogP contribution in [0, 0.1) is 8.99 Å². The van der Waals surface area contributed by atoms with Crippen LogP contribution in [0.5, 0.6) is 0 Å². The fourth-order valence-corrected chi connectivity index (χ4v) is 8.82. The van der Waals surface area contributed by atoms with Gasteiger partial charge in [0.15, 0.2) is 11.8 Å². The van der Waals surface area contributed by atoms with Crippen molar-refractivity contribution in [3.05, 3.63) is 69.3 Å². The molecule has 0 spiro atoms. The third kappa shape index (κ3) is 7.73. The summed E-state index contributed by atoms with van der Waals surface area (Å²) in [5, 5.41) is 13.9. The number of aliphatic hydroxyl groups is 1. The number of likely N-dealkylation sites (N-methyl/N-ethyl adjacent to an activating group) is 1. The molecule has 51 heavy (non-hydrogen) atoms. The van der Waals surface area contributed by atoms with Gasteiger partial charge in [0, 0.05) is 42.8 Å². The zero-order chi connectivity index (χ0) is 36.2. The van der Waals surface area contributed by atoms with Crippen molar-refractivity contribution in [1.29, 1.82) is 0 Å². The molecule has 12 heteroatoms. The molecule has 3 saturated heterocycles. The number of nitrogens with one attached hydrogen (secondary N) is 1. The number of nitrogens with zero attached hydrogens (tertiary/aromatic N) is 2. The van der Waals surface area contributed by atoms with Crippen LogP contribution in [-0.4, -0.2) is 95.3 Å². The Balaban J connectivity index is 1.39. The maximum Gasteiger partial charge on any atom is 0.327 e. The van der Waals surface area contributed by atoms with E-state index in [0.717, 1.165) is 53.2 Å². The Kier molecular flexibility index (Phi) is 12.4. The predicted octanol–water partition coefficient (Wildman–Crippen LogP) is 4.91. The van der Waals surface area contributed by atoms with E-state index >= 15 is 4.79 Å². The van der Waals surface area contributed by atoms with Gasteiger partial charge in [-0.05, 0) is 58.7 Å². The third-order valence-electron chi connectivity index (χ3n) is 11.0.